The second-order valence-electron chi connectivity index (χ2n) is 5.56. The zero-order valence-corrected chi connectivity index (χ0v) is 14.2. The van der Waals surface area contributed by atoms with Crippen LogP contribution in [-0.2, 0) is 4.79 Å². The number of nitrogens with two attached hydrogens (primary N) is 1. The molecule has 3 rings (SSSR count). The third-order valence-corrected chi connectivity index (χ3v) is 4.14. The topological polar surface area (TPSA) is 103 Å². The van der Waals surface area contributed by atoms with Crippen LogP contribution in [0.4, 0.5) is 0 Å². The molecule has 130 valence electrons. The van der Waals surface area contributed by atoms with E-state index in [9.17, 15) is 9.59 Å². The molecule has 8 nitrogen and oxygen atoms in total. The third-order valence-electron chi connectivity index (χ3n) is 3.91. The third kappa shape index (κ3) is 3.63. The van der Waals surface area contributed by atoms with Gasteiger partial charge in [0.15, 0.2) is 5.69 Å². The number of nitrogens with zero attached hydrogens (tertiary/aromatic N) is 4. The predicted octanol–water partition coefficient (Wildman–Crippen LogP) is 1.14. The Balaban J connectivity index is 1.60. The maximum Gasteiger partial charge on any atom is 0.270 e. The van der Waals surface area contributed by atoms with Gasteiger partial charge in [0.05, 0.1) is 19.3 Å². The second-order valence-corrected chi connectivity index (χ2v) is 6.00. The van der Waals surface area contributed by atoms with Crippen LogP contribution in [0.5, 0.6) is 5.75 Å². The van der Waals surface area contributed by atoms with Crippen LogP contribution in [0.2, 0.25) is 5.02 Å². The molecule has 2 aromatic rings. The van der Waals surface area contributed by atoms with E-state index in [1.165, 1.54) is 12.3 Å². The first kappa shape index (κ1) is 17.0. The van der Waals surface area contributed by atoms with E-state index in [1.807, 2.05) is 0 Å². The first-order valence-electron chi connectivity index (χ1n) is 7.50. The van der Waals surface area contributed by atoms with Crippen LogP contribution in [0.25, 0.3) is 6.08 Å². The Morgan fingerprint density at radius 3 is 2.80 bits per heavy atom. The van der Waals surface area contributed by atoms with E-state index in [2.05, 4.69) is 10.3 Å². The Hall–Kier alpha value is -2.87. The average molecular weight is 362 g/mol. The molecule has 0 spiro atoms. The lowest BCUT2D eigenvalue weighted by atomic mass is 10.1. The van der Waals surface area contributed by atoms with Crippen LogP contribution in [0.1, 0.15) is 22.1 Å². The lowest BCUT2D eigenvalue weighted by Gasteiger charge is -2.38. The highest BCUT2D eigenvalue weighted by Crippen LogP contribution is 2.25. The van der Waals surface area contributed by atoms with Crippen molar-refractivity contribution >= 4 is 29.5 Å². The Kier molecular flexibility index (Phi) is 4.71. The van der Waals surface area contributed by atoms with Gasteiger partial charge in [-0.05, 0) is 24.3 Å². The largest absolute Gasteiger partial charge is 0.496 e. The van der Waals surface area contributed by atoms with Gasteiger partial charge in [0, 0.05) is 29.8 Å². The number of likely N-dealkylation sites (tertiary alicyclic amines) is 1. The zero-order chi connectivity index (χ0) is 18.0. The predicted molar refractivity (Wildman–Crippen MR) is 91.2 cm³/mol. The number of methoxy groups -OCH3 is 1. The molecule has 2 amide bonds. The fourth-order valence-electron chi connectivity index (χ4n) is 2.47. The fraction of sp³-hybridized carbons (Fsp3) is 0.250. The van der Waals surface area contributed by atoms with E-state index in [4.69, 9.17) is 22.1 Å². The SMILES string of the molecule is COc1ccc(Cl)cc1C=CC(=O)N1CC(n2cc(C(N)=O)nn2)C1. The van der Waals surface area contributed by atoms with Crippen molar-refractivity contribution < 1.29 is 14.3 Å². The maximum absolute atomic E-state index is 12.2. The summed E-state index contributed by atoms with van der Waals surface area (Å²) in [5.41, 5.74) is 5.98. The molecule has 1 aromatic heterocycles. The Bertz CT molecular complexity index is 842. The summed E-state index contributed by atoms with van der Waals surface area (Å²) < 4.78 is 6.79. The molecule has 1 aliphatic rings. The lowest BCUT2D eigenvalue weighted by molar-refractivity contribution is -0.131. The molecule has 1 aromatic carbocycles. The standard InChI is InChI=1S/C16H16ClN5O3/c1-25-14-4-3-11(17)6-10(14)2-5-15(23)21-7-12(8-21)22-9-13(16(18)24)19-20-22/h2-6,9,12H,7-8H2,1H3,(H2,18,24). The van der Waals surface area contributed by atoms with Crippen LogP contribution in [0.3, 0.4) is 0 Å². The monoisotopic (exact) mass is 361 g/mol. The second kappa shape index (κ2) is 6.94. The Labute approximate surface area is 148 Å². The highest BCUT2D eigenvalue weighted by atomic mass is 35.5. The first-order chi connectivity index (χ1) is 12.0. The van der Waals surface area contributed by atoms with Gasteiger partial charge in [-0.15, -0.1) is 5.10 Å². The van der Waals surface area contributed by atoms with Crippen LogP contribution < -0.4 is 10.5 Å². The van der Waals surface area contributed by atoms with Gasteiger partial charge in [-0.2, -0.15) is 0 Å². The molecule has 2 N–H and O–H groups in total. The van der Waals surface area contributed by atoms with E-state index in [1.54, 1.807) is 41.0 Å². The summed E-state index contributed by atoms with van der Waals surface area (Å²) in [6, 6.07) is 5.17. The molecule has 1 saturated heterocycles. The smallest absolute Gasteiger partial charge is 0.270 e. The highest BCUT2D eigenvalue weighted by molar-refractivity contribution is 6.30. The van der Waals surface area contributed by atoms with Crippen molar-refractivity contribution in [1.29, 1.82) is 0 Å². The van der Waals surface area contributed by atoms with Gasteiger partial charge in [0.25, 0.3) is 5.91 Å². The molecule has 2 heterocycles. The number of carbonyl (C=O) groups is 2. The number of benzene rings is 1. The van der Waals surface area contributed by atoms with Crippen LogP contribution in [0, 0.1) is 0 Å². The van der Waals surface area contributed by atoms with Gasteiger partial charge in [-0.1, -0.05) is 16.8 Å². The lowest BCUT2D eigenvalue weighted by Crippen LogP contribution is -2.50. The van der Waals surface area contributed by atoms with Crippen molar-refractivity contribution in [1.82, 2.24) is 19.9 Å². The number of carbonyl (C=O) groups excluding carboxylic acids is 2. The summed E-state index contributed by atoms with van der Waals surface area (Å²) in [6.07, 6.45) is 4.63. The van der Waals surface area contributed by atoms with E-state index in [-0.39, 0.29) is 17.6 Å². The van der Waals surface area contributed by atoms with E-state index < -0.39 is 5.91 Å². The molecule has 0 unspecified atom stereocenters. The van der Waals surface area contributed by atoms with Gasteiger partial charge < -0.3 is 15.4 Å². The zero-order valence-electron chi connectivity index (χ0n) is 13.4. The molecular weight excluding hydrogens is 346 g/mol. The van der Waals surface area contributed by atoms with E-state index in [0.717, 1.165) is 5.56 Å². The quantitative estimate of drug-likeness (QED) is 0.804. The van der Waals surface area contributed by atoms with Crippen molar-refractivity contribution in [2.45, 2.75) is 6.04 Å². The normalized spacial score (nSPS) is 14.6. The summed E-state index contributed by atoms with van der Waals surface area (Å²) in [7, 11) is 1.56. The van der Waals surface area contributed by atoms with Gasteiger partial charge in [-0.3, -0.25) is 9.59 Å². The minimum absolute atomic E-state index is 0.0151. The highest BCUT2D eigenvalue weighted by Gasteiger charge is 2.32. The first-order valence-corrected chi connectivity index (χ1v) is 7.88. The molecule has 0 aliphatic carbocycles. The van der Waals surface area contributed by atoms with Crippen LogP contribution >= 0.6 is 11.6 Å². The van der Waals surface area contributed by atoms with Crippen molar-refractivity contribution in [3.05, 3.63) is 46.8 Å². The van der Waals surface area contributed by atoms with Gasteiger partial charge >= 0.3 is 0 Å². The molecule has 0 bridgehead atoms. The number of rotatable bonds is 5. The summed E-state index contributed by atoms with van der Waals surface area (Å²) >= 11 is 5.97. The van der Waals surface area contributed by atoms with E-state index >= 15 is 0 Å². The molecule has 1 fully saturated rings. The molecule has 0 saturated carbocycles. The van der Waals surface area contributed by atoms with Gasteiger partial charge in [0.1, 0.15) is 5.75 Å². The number of amides is 2. The number of hydrogen-bond acceptors (Lipinski definition) is 5. The number of aromatic nitrogens is 3. The van der Waals surface area contributed by atoms with Gasteiger partial charge in [-0.25, -0.2) is 4.68 Å². The number of hydrogen-bond donors (Lipinski definition) is 1. The number of ether oxygens (including phenoxy) is 1. The summed E-state index contributed by atoms with van der Waals surface area (Å²) in [6.45, 7) is 0.967. The number of primary amides is 1. The Morgan fingerprint density at radius 1 is 1.40 bits per heavy atom. The molecule has 1 aliphatic heterocycles. The summed E-state index contributed by atoms with van der Waals surface area (Å²) in [5, 5.41) is 8.11. The van der Waals surface area contributed by atoms with Crippen molar-refractivity contribution in [3.8, 4) is 5.75 Å². The minimum atomic E-state index is -0.628. The van der Waals surface area contributed by atoms with Crippen LogP contribution in [0.15, 0.2) is 30.5 Å². The maximum atomic E-state index is 12.2. The summed E-state index contributed by atoms with van der Waals surface area (Å²) in [5.74, 6) is -0.123. The molecular formula is C16H16ClN5O3. The fourth-order valence-corrected chi connectivity index (χ4v) is 2.65. The molecule has 0 atom stereocenters. The Morgan fingerprint density at radius 2 is 2.16 bits per heavy atom. The number of halogens is 1. The van der Waals surface area contributed by atoms with Crippen molar-refractivity contribution in [2.75, 3.05) is 20.2 Å². The van der Waals surface area contributed by atoms with Crippen LogP contribution in [-0.4, -0.2) is 51.9 Å². The summed E-state index contributed by atoms with van der Waals surface area (Å²) in [4.78, 5) is 24.9. The van der Waals surface area contributed by atoms with Crippen molar-refractivity contribution in [3.63, 3.8) is 0 Å². The molecule has 9 heteroatoms. The van der Waals surface area contributed by atoms with Crippen molar-refractivity contribution in [2.24, 2.45) is 5.73 Å². The van der Waals surface area contributed by atoms with E-state index in [0.29, 0.717) is 23.9 Å². The minimum Gasteiger partial charge on any atom is -0.496 e. The molecule has 25 heavy (non-hydrogen) atoms. The molecule has 0 radical (unpaired) electrons. The van der Waals surface area contributed by atoms with Gasteiger partial charge in [0.2, 0.25) is 5.91 Å². The average Bonchev–Trinajstić information content (AvgIpc) is 3.01.